The summed E-state index contributed by atoms with van der Waals surface area (Å²) < 4.78 is 1.63. The number of pyridine rings is 1. The number of halogens is 1. The third-order valence-electron chi connectivity index (χ3n) is 2.08. The molecule has 0 bridgehead atoms. The number of hydrogen-bond donors (Lipinski definition) is 1. The highest BCUT2D eigenvalue weighted by Gasteiger charge is 2.11. The molecule has 2 heterocycles. The summed E-state index contributed by atoms with van der Waals surface area (Å²) in [5.41, 5.74) is 1.39. The smallest absolute Gasteiger partial charge is 0.338 e. The molecule has 0 radical (unpaired) electrons. The number of aromatic carboxylic acids is 1. The molecule has 0 spiro atoms. The van der Waals surface area contributed by atoms with Crippen LogP contribution in [0.5, 0.6) is 0 Å². The third kappa shape index (κ3) is 1.90. The topological polar surface area (TPSA) is 68.0 Å². The maximum absolute atomic E-state index is 10.7. The van der Waals surface area contributed by atoms with Crippen LogP contribution in [0.15, 0.2) is 24.7 Å². The maximum Gasteiger partial charge on any atom is 0.338 e. The number of carbonyl (C=O) groups is 1. The molecule has 0 amide bonds. The van der Waals surface area contributed by atoms with E-state index in [0.717, 1.165) is 5.56 Å². The molecule has 2 rings (SSSR count). The van der Waals surface area contributed by atoms with Crippen LogP contribution < -0.4 is 0 Å². The second-order valence-electron chi connectivity index (χ2n) is 3.26. The van der Waals surface area contributed by atoms with Crippen molar-refractivity contribution < 1.29 is 9.90 Å². The van der Waals surface area contributed by atoms with Crippen molar-refractivity contribution >= 4 is 17.6 Å². The Morgan fingerprint density at radius 3 is 2.75 bits per heavy atom. The Hall–Kier alpha value is -1.88. The van der Waals surface area contributed by atoms with E-state index in [1.54, 1.807) is 24.1 Å². The zero-order chi connectivity index (χ0) is 11.7. The number of aromatic nitrogens is 3. The summed E-state index contributed by atoms with van der Waals surface area (Å²) in [6.07, 6.45) is 4.66. The van der Waals surface area contributed by atoms with Gasteiger partial charge in [-0.05, 0) is 6.07 Å². The minimum absolute atomic E-state index is 0.00527. The molecular weight excluding hydrogens is 230 g/mol. The highest BCUT2D eigenvalue weighted by Crippen LogP contribution is 2.22. The van der Waals surface area contributed by atoms with E-state index < -0.39 is 5.97 Å². The highest BCUT2D eigenvalue weighted by molar-refractivity contribution is 6.33. The molecule has 0 aliphatic rings. The average Bonchev–Trinajstić information content (AvgIpc) is 2.64. The van der Waals surface area contributed by atoms with Gasteiger partial charge in [-0.3, -0.25) is 9.67 Å². The van der Waals surface area contributed by atoms with Crippen LogP contribution in [0.25, 0.3) is 11.3 Å². The van der Waals surface area contributed by atoms with Crippen LogP contribution in [0.3, 0.4) is 0 Å². The highest BCUT2D eigenvalue weighted by atomic mass is 35.5. The number of rotatable bonds is 2. The summed E-state index contributed by atoms with van der Waals surface area (Å²) in [6.45, 7) is 0. The SMILES string of the molecule is Cn1cc(-c2cc(Cl)c(C(=O)O)cn2)cn1. The van der Waals surface area contributed by atoms with Gasteiger partial charge in [0.2, 0.25) is 0 Å². The van der Waals surface area contributed by atoms with Gasteiger partial charge in [-0.25, -0.2) is 4.79 Å². The van der Waals surface area contributed by atoms with Gasteiger partial charge >= 0.3 is 5.97 Å². The number of carboxylic acid groups (broad SMARTS) is 1. The van der Waals surface area contributed by atoms with Crippen molar-refractivity contribution in [3.8, 4) is 11.3 Å². The molecule has 16 heavy (non-hydrogen) atoms. The quantitative estimate of drug-likeness (QED) is 0.865. The van der Waals surface area contributed by atoms with E-state index in [0.29, 0.717) is 5.69 Å². The van der Waals surface area contributed by atoms with Gasteiger partial charge in [0.1, 0.15) is 0 Å². The molecule has 0 aliphatic carbocycles. The van der Waals surface area contributed by atoms with Crippen molar-refractivity contribution in [1.29, 1.82) is 0 Å². The normalized spacial score (nSPS) is 10.4. The maximum atomic E-state index is 10.7. The minimum Gasteiger partial charge on any atom is -0.478 e. The van der Waals surface area contributed by atoms with Gasteiger partial charge < -0.3 is 5.11 Å². The molecule has 0 aromatic carbocycles. The Balaban J connectivity index is 2.45. The summed E-state index contributed by atoms with van der Waals surface area (Å²) >= 11 is 5.83. The first-order chi connectivity index (χ1) is 7.58. The fourth-order valence-corrected chi connectivity index (χ4v) is 1.53. The van der Waals surface area contributed by atoms with Crippen molar-refractivity contribution in [2.45, 2.75) is 0 Å². The number of hydrogen-bond acceptors (Lipinski definition) is 3. The van der Waals surface area contributed by atoms with E-state index in [1.165, 1.54) is 12.3 Å². The summed E-state index contributed by atoms with van der Waals surface area (Å²) in [4.78, 5) is 14.8. The molecule has 0 atom stereocenters. The van der Waals surface area contributed by atoms with E-state index in [1.807, 2.05) is 0 Å². The number of aryl methyl sites for hydroxylation is 1. The Morgan fingerprint density at radius 1 is 1.50 bits per heavy atom. The molecule has 0 saturated heterocycles. The van der Waals surface area contributed by atoms with Gasteiger partial charge in [0.15, 0.2) is 0 Å². The van der Waals surface area contributed by atoms with Crippen LogP contribution >= 0.6 is 11.6 Å². The third-order valence-corrected chi connectivity index (χ3v) is 2.40. The molecule has 5 nitrogen and oxygen atoms in total. The summed E-state index contributed by atoms with van der Waals surface area (Å²) in [6, 6.07) is 1.52. The summed E-state index contributed by atoms with van der Waals surface area (Å²) in [5, 5.41) is 13.0. The van der Waals surface area contributed by atoms with Gasteiger partial charge in [0.05, 0.1) is 22.5 Å². The molecule has 0 saturated carbocycles. The van der Waals surface area contributed by atoms with Crippen molar-refractivity contribution in [3.63, 3.8) is 0 Å². The van der Waals surface area contributed by atoms with Crippen LogP contribution in [0, 0.1) is 0 Å². The fraction of sp³-hybridized carbons (Fsp3) is 0.100. The van der Waals surface area contributed by atoms with Crippen LogP contribution in [-0.2, 0) is 7.05 Å². The summed E-state index contributed by atoms with van der Waals surface area (Å²) in [5.74, 6) is -1.09. The fourth-order valence-electron chi connectivity index (χ4n) is 1.30. The molecule has 0 fully saturated rings. The van der Waals surface area contributed by atoms with Gasteiger partial charge in [-0.1, -0.05) is 11.6 Å². The van der Waals surface area contributed by atoms with E-state index in [2.05, 4.69) is 10.1 Å². The van der Waals surface area contributed by atoms with E-state index in [-0.39, 0.29) is 10.6 Å². The van der Waals surface area contributed by atoms with Crippen LogP contribution in [0.2, 0.25) is 5.02 Å². The Kier molecular flexibility index (Phi) is 2.62. The second-order valence-corrected chi connectivity index (χ2v) is 3.66. The predicted octanol–water partition coefficient (Wildman–Crippen LogP) is 1.83. The van der Waals surface area contributed by atoms with Gasteiger partial charge in [0, 0.05) is 25.0 Å². The monoisotopic (exact) mass is 237 g/mol. The molecule has 82 valence electrons. The zero-order valence-corrected chi connectivity index (χ0v) is 9.14. The lowest BCUT2D eigenvalue weighted by molar-refractivity contribution is 0.0696. The van der Waals surface area contributed by atoms with Crippen molar-refractivity contribution in [2.24, 2.45) is 7.05 Å². The molecule has 6 heteroatoms. The molecule has 0 unspecified atom stereocenters. The lowest BCUT2D eigenvalue weighted by Gasteiger charge is -2.00. The minimum atomic E-state index is -1.09. The molecule has 2 aromatic rings. The predicted molar refractivity (Wildman–Crippen MR) is 58.4 cm³/mol. The average molecular weight is 238 g/mol. The number of carboxylic acids is 1. The van der Waals surface area contributed by atoms with Crippen LogP contribution in [-0.4, -0.2) is 25.8 Å². The van der Waals surface area contributed by atoms with E-state index in [9.17, 15) is 4.79 Å². The standard InChI is InChI=1S/C10H8ClN3O2/c1-14-5-6(3-13-14)9-2-8(11)7(4-12-9)10(15)16/h2-5H,1H3,(H,15,16). The number of nitrogens with zero attached hydrogens (tertiary/aromatic N) is 3. The zero-order valence-electron chi connectivity index (χ0n) is 8.38. The van der Waals surface area contributed by atoms with Crippen molar-refractivity contribution in [2.75, 3.05) is 0 Å². The van der Waals surface area contributed by atoms with Crippen LogP contribution in [0.1, 0.15) is 10.4 Å². The first kappa shape index (κ1) is 10.6. The Bertz CT molecular complexity index is 551. The molecule has 2 aromatic heterocycles. The molecular formula is C10H8ClN3O2. The first-order valence-corrected chi connectivity index (χ1v) is 4.83. The molecule has 1 N–H and O–H groups in total. The van der Waals surface area contributed by atoms with Crippen molar-refractivity contribution in [1.82, 2.24) is 14.8 Å². The Labute approximate surface area is 96.3 Å². The van der Waals surface area contributed by atoms with Gasteiger partial charge in [-0.2, -0.15) is 5.10 Å². The second kappa shape index (κ2) is 3.94. The largest absolute Gasteiger partial charge is 0.478 e. The summed E-state index contributed by atoms with van der Waals surface area (Å²) in [7, 11) is 1.79. The van der Waals surface area contributed by atoms with Crippen LogP contribution in [0.4, 0.5) is 0 Å². The first-order valence-electron chi connectivity index (χ1n) is 4.46. The lowest BCUT2D eigenvalue weighted by atomic mass is 10.2. The van der Waals surface area contributed by atoms with E-state index >= 15 is 0 Å². The van der Waals surface area contributed by atoms with Gasteiger partial charge in [-0.15, -0.1) is 0 Å². The lowest BCUT2D eigenvalue weighted by Crippen LogP contribution is -1.98. The Morgan fingerprint density at radius 2 is 2.25 bits per heavy atom. The molecule has 0 aliphatic heterocycles. The van der Waals surface area contributed by atoms with Gasteiger partial charge in [0.25, 0.3) is 0 Å². The van der Waals surface area contributed by atoms with E-state index in [4.69, 9.17) is 16.7 Å². The van der Waals surface area contributed by atoms with Crippen molar-refractivity contribution in [3.05, 3.63) is 35.2 Å².